The second-order valence-corrected chi connectivity index (χ2v) is 7.82. The number of hydrogen-bond acceptors (Lipinski definition) is 4. The van der Waals surface area contributed by atoms with Crippen LogP contribution in [0.25, 0.3) is 21.8 Å². The van der Waals surface area contributed by atoms with Crippen molar-refractivity contribution >= 4 is 61.8 Å². The summed E-state index contributed by atoms with van der Waals surface area (Å²) in [6.07, 6.45) is 0. The molecule has 132 valence electrons. The molecule has 0 aliphatic rings. The molecule has 4 rings (SSSR count). The first-order chi connectivity index (χ1) is 12.6. The molecule has 0 unspecified atom stereocenters. The van der Waals surface area contributed by atoms with Gasteiger partial charge in [-0.1, -0.05) is 18.2 Å². The van der Waals surface area contributed by atoms with Crippen molar-refractivity contribution in [2.24, 2.45) is 0 Å². The molecule has 2 heterocycles. The maximum Gasteiger partial charge on any atom is 0.201 e. The molecule has 0 atom stereocenters. The largest absolute Gasteiger partial charge is 0.486 e. The summed E-state index contributed by atoms with van der Waals surface area (Å²) >= 11 is 6.90. The number of benzene rings is 2. The van der Waals surface area contributed by atoms with Crippen LogP contribution in [0.1, 0.15) is 16.7 Å². The van der Waals surface area contributed by atoms with Crippen LogP contribution in [0.2, 0.25) is 0 Å². The number of rotatable bonds is 4. The average molecular weight is 381 g/mol. The van der Waals surface area contributed by atoms with Gasteiger partial charge in [-0.25, -0.2) is 0 Å². The molecule has 3 nitrogen and oxygen atoms in total. The van der Waals surface area contributed by atoms with Crippen LogP contribution in [0.15, 0.2) is 48.5 Å². The zero-order valence-electron chi connectivity index (χ0n) is 15.0. The first-order valence-electron chi connectivity index (χ1n) is 8.59. The normalized spacial score (nSPS) is 11.2. The number of ether oxygens (including phenoxy) is 1. The van der Waals surface area contributed by atoms with Crippen molar-refractivity contribution in [1.82, 2.24) is 4.57 Å². The number of anilines is 2. The summed E-state index contributed by atoms with van der Waals surface area (Å²) < 4.78 is 7.55. The summed E-state index contributed by atoms with van der Waals surface area (Å²) in [5.74, 6) is 0. The summed E-state index contributed by atoms with van der Waals surface area (Å²) in [4.78, 5) is 2.17. The van der Waals surface area contributed by atoms with E-state index < -0.39 is 0 Å². The van der Waals surface area contributed by atoms with E-state index in [1.54, 1.807) is 18.4 Å². The van der Waals surface area contributed by atoms with Gasteiger partial charge in [0.2, 0.25) is 5.05 Å². The lowest BCUT2D eigenvalue weighted by Gasteiger charge is -2.07. The minimum atomic E-state index is 0.535. The van der Waals surface area contributed by atoms with Crippen molar-refractivity contribution in [3.05, 3.63) is 58.3 Å². The fourth-order valence-electron chi connectivity index (χ4n) is 3.44. The van der Waals surface area contributed by atoms with E-state index in [0.717, 1.165) is 22.8 Å². The fraction of sp³-hybridized carbons (Fsp3) is 0.190. The molecule has 26 heavy (non-hydrogen) atoms. The monoisotopic (exact) mass is 380 g/mol. The van der Waals surface area contributed by atoms with Crippen LogP contribution in [0.4, 0.5) is 11.4 Å². The Morgan fingerprint density at radius 1 is 1.12 bits per heavy atom. The number of aryl methyl sites for hydroxylation is 2. The Balaban J connectivity index is 1.78. The Morgan fingerprint density at radius 2 is 1.88 bits per heavy atom. The molecule has 0 saturated heterocycles. The number of thiocarbonyl (C=S) groups is 1. The van der Waals surface area contributed by atoms with E-state index in [4.69, 9.17) is 17.0 Å². The van der Waals surface area contributed by atoms with Gasteiger partial charge in [-0.2, -0.15) is 0 Å². The maximum absolute atomic E-state index is 5.25. The molecule has 1 N–H and O–H groups in total. The topological polar surface area (TPSA) is 26.2 Å². The van der Waals surface area contributed by atoms with Crippen molar-refractivity contribution in [2.75, 3.05) is 12.4 Å². The van der Waals surface area contributed by atoms with Gasteiger partial charge in [0.15, 0.2) is 0 Å². The van der Waals surface area contributed by atoms with E-state index in [1.807, 2.05) is 0 Å². The van der Waals surface area contributed by atoms with Gasteiger partial charge in [0, 0.05) is 38.9 Å². The first-order valence-corrected chi connectivity index (χ1v) is 9.81. The highest BCUT2D eigenvalue weighted by atomic mass is 32.1. The molecule has 0 bridgehead atoms. The molecular formula is C21H20N2OS2. The second kappa shape index (κ2) is 6.74. The smallest absolute Gasteiger partial charge is 0.201 e. The highest BCUT2D eigenvalue weighted by Gasteiger charge is 2.12. The van der Waals surface area contributed by atoms with E-state index in [-0.39, 0.29) is 0 Å². The number of para-hydroxylation sites is 1. The molecule has 2 aromatic carbocycles. The van der Waals surface area contributed by atoms with Crippen LogP contribution in [-0.2, 0) is 11.3 Å². The third kappa shape index (κ3) is 2.77. The lowest BCUT2D eigenvalue weighted by Crippen LogP contribution is -1.95. The van der Waals surface area contributed by atoms with E-state index in [1.165, 1.54) is 26.7 Å². The lowest BCUT2D eigenvalue weighted by molar-refractivity contribution is 0.417. The van der Waals surface area contributed by atoms with Crippen LogP contribution in [0.3, 0.4) is 0 Å². The summed E-state index contributed by atoms with van der Waals surface area (Å²) in [5, 5.41) is 6.64. The van der Waals surface area contributed by atoms with Crippen molar-refractivity contribution in [2.45, 2.75) is 20.4 Å². The van der Waals surface area contributed by atoms with E-state index in [9.17, 15) is 0 Å². The molecular weight excluding hydrogens is 360 g/mol. The van der Waals surface area contributed by atoms with E-state index >= 15 is 0 Å². The zero-order valence-corrected chi connectivity index (χ0v) is 16.6. The van der Waals surface area contributed by atoms with Crippen LogP contribution >= 0.6 is 23.6 Å². The van der Waals surface area contributed by atoms with Crippen LogP contribution in [-0.4, -0.2) is 16.7 Å². The van der Waals surface area contributed by atoms with Crippen molar-refractivity contribution in [3.8, 4) is 0 Å². The summed E-state index contributed by atoms with van der Waals surface area (Å²) in [5.41, 5.74) is 4.69. The summed E-state index contributed by atoms with van der Waals surface area (Å²) in [6.45, 7) is 5.24. The highest BCUT2D eigenvalue weighted by molar-refractivity contribution is 7.80. The zero-order chi connectivity index (χ0) is 18.3. The van der Waals surface area contributed by atoms with E-state index in [2.05, 4.69) is 72.3 Å². The van der Waals surface area contributed by atoms with Gasteiger partial charge in [-0.15, -0.1) is 11.3 Å². The van der Waals surface area contributed by atoms with Gasteiger partial charge in [0.1, 0.15) is 0 Å². The maximum atomic E-state index is 5.25. The van der Waals surface area contributed by atoms with Gasteiger partial charge in [0.25, 0.3) is 0 Å². The number of nitrogens with zero attached hydrogens (tertiary/aromatic N) is 1. The highest BCUT2D eigenvalue weighted by Crippen LogP contribution is 2.34. The predicted molar refractivity (Wildman–Crippen MR) is 116 cm³/mol. The van der Waals surface area contributed by atoms with Crippen molar-refractivity contribution < 1.29 is 4.74 Å². The molecule has 0 spiro atoms. The van der Waals surface area contributed by atoms with Gasteiger partial charge >= 0.3 is 0 Å². The molecule has 0 radical (unpaired) electrons. The number of hydrogen-bond donors (Lipinski definition) is 1. The summed E-state index contributed by atoms with van der Waals surface area (Å²) in [7, 11) is 1.61. The molecule has 0 fully saturated rings. The molecule has 0 amide bonds. The minimum Gasteiger partial charge on any atom is -0.486 e. The van der Waals surface area contributed by atoms with E-state index in [0.29, 0.717) is 5.05 Å². The Morgan fingerprint density at radius 3 is 2.65 bits per heavy atom. The lowest BCUT2D eigenvalue weighted by atomic mass is 10.1. The van der Waals surface area contributed by atoms with Crippen LogP contribution < -0.4 is 5.32 Å². The first kappa shape index (κ1) is 17.1. The SMILES string of the molecule is CCn1c2ccccc2c2cc(Nc3cc(C(=S)OC)sc3C)ccc21. The molecule has 0 aliphatic heterocycles. The Kier molecular flexibility index (Phi) is 4.42. The van der Waals surface area contributed by atoms with Gasteiger partial charge in [-0.3, -0.25) is 0 Å². The average Bonchev–Trinajstić information content (AvgIpc) is 3.18. The number of thiophene rings is 1. The minimum absolute atomic E-state index is 0.535. The standard InChI is InChI=1S/C21H20N2OS2/c1-4-23-18-8-6-5-7-15(18)16-11-14(9-10-19(16)23)22-17-12-20(21(25)24-3)26-13(17)2/h5-12,22H,4H2,1-3H3. The third-order valence-corrected chi connectivity index (χ3v) is 6.24. The number of fused-ring (bicyclic) bond motifs is 3. The van der Waals surface area contributed by atoms with Crippen molar-refractivity contribution in [3.63, 3.8) is 0 Å². The quantitative estimate of drug-likeness (QED) is 0.424. The van der Waals surface area contributed by atoms with Gasteiger partial charge in [0.05, 0.1) is 17.7 Å². The Hall–Kier alpha value is -2.37. The third-order valence-electron chi connectivity index (χ3n) is 4.67. The van der Waals surface area contributed by atoms with Gasteiger partial charge in [-0.05, 0) is 56.4 Å². The molecule has 0 aliphatic carbocycles. The van der Waals surface area contributed by atoms with Crippen molar-refractivity contribution in [1.29, 1.82) is 0 Å². The number of methoxy groups -OCH3 is 1. The summed E-state index contributed by atoms with van der Waals surface area (Å²) in [6, 6.07) is 17.2. The number of aromatic nitrogens is 1. The fourth-order valence-corrected chi connectivity index (χ4v) is 4.51. The van der Waals surface area contributed by atoms with Gasteiger partial charge < -0.3 is 14.6 Å². The molecule has 0 saturated carbocycles. The number of nitrogens with one attached hydrogen (secondary N) is 1. The van der Waals surface area contributed by atoms with Crippen LogP contribution in [0, 0.1) is 6.92 Å². The molecule has 5 heteroatoms. The van der Waals surface area contributed by atoms with Crippen LogP contribution in [0.5, 0.6) is 0 Å². The molecule has 2 aromatic heterocycles. The Labute approximate surface area is 162 Å². The predicted octanol–water partition coefficient (Wildman–Crippen LogP) is 6.25. The molecule has 4 aromatic rings. The second-order valence-electron chi connectivity index (χ2n) is 6.19. The Bertz CT molecular complexity index is 1120.